The maximum Gasteiger partial charge on any atom is 0.232 e. The number of nitrogens with one attached hydrogen (secondary N) is 1. The molecule has 21 heavy (non-hydrogen) atoms. The van der Waals surface area contributed by atoms with Crippen LogP contribution in [0.25, 0.3) is 0 Å². The second-order valence-corrected chi connectivity index (χ2v) is 6.15. The Morgan fingerprint density at radius 2 is 2.00 bits per heavy atom. The molecule has 7 heteroatoms. The number of rotatable bonds is 8. The number of carbonyl (C=O) groups is 1. The van der Waals surface area contributed by atoms with Crippen molar-refractivity contribution < 1.29 is 4.79 Å². The van der Waals surface area contributed by atoms with Crippen LogP contribution in [0.2, 0.25) is 0 Å². The van der Waals surface area contributed by atoms with Crippen molar-refractivity contribution in [3.8, 4) is 0 Å². The van der Waals surface area contributed by atoms with Gasteiger partial charge in [-0.3, -0.25) is 4.79 Å². The molecule has 0 spiro atoms. The Kier molecular flexibility index (Phi) is 15.7. The zero-order valence-electron chi connectivity index (χ0n) is 13.5. The molecule has 1 saturated heterocycles. The number of carbonyl (C=O) groups excluding carboxylic acids is 1. The number of halogens is 2. The first-order valence-electron chi connectivity index (χ1n) is 7.46. The van der Waals surface area contributed by atoms with Gasteiger partial charge < -0.3 is 15.1 Å². The van der Waals surface area contributed by atoms with Crippen molar-refractivity contribution in [1.82, 2.24) is 15.1 Å². The highest BCUT2D eigenvalue weighted by molar-refractivity contribution is 7.99. The number of piperidine rings is 1. The monoisotopic (exact) mass is 359 g/mol. The van der Waals surface area contributed by atoms with Crippen LogP contribution in [0.15, 0.2) is 0 Å². The third-order valence-electron chi connectivity index (χ3n) is 3.85. The first-order valence-corrected chi connectivity index (χ1v) is 8.61. The van der Waals surface area contributed by atoms with E-state index in [1.165, 1.54) is 6.42 Å². The summed E-state index contributed by atoms with van der Waals surface area (Å²) in [5, 5.41) is 3.28. The molecular weight excluding hydrogens is 329 g/mol. The molecule has 0 aromatic rings. The van der Waals surface area contributed by atoms with E-state index in [4.69, 9.17) is 0 Å². The highest BCUT2D eigenvalue weighted by atomic mass is 35.5. The molecule has 0 aromatic carbocycles. The number of likely N-dealkylation sites (tertiary alicyclic amines) is 1. The Hall–Kier alpha value is 0.320. The molecule has 4 nitrogen and oxygen atoms in total. The normalized spacial score (nSPS) is 18.1. The fourth-order valence-corrected chi connectivity index (χ4v) is 3.31. The van der Waals surface area contributed by atoms with Crippen LogP contribution in [-0.2, 0) is 4.79 Å². The van der Waals surface area contributed by atoms with Gasteiger partial charge in [-0.1, -0.05) is 13.8 Å². The summed E-state index contributed by atoms with van der Waals surface area (Å²) < 4.78 is 0. The maximum atomic E-state index is 12.1. The molecule has 1 fully saturated rings. The zero-order valence-corrected chi connectivity index (χ0v) is 15.9. The summed E-state index contributed by atoms with van der Waals surface area (Å²) in [5.74, 6) is 2.00. The number of hydrogen-bond donors (Lipinski definition) is 1. The summed E-state index contributed by atoms with van der Waals surface area (Å²) in [5.41, 5.74) is 0. The average molecular weight is 360 g/mol. The van der Waals surface area contributed by atoms with Crippen molar-refractivity contribution in [3.63, 3.8) is 0 Å². The molecule has 0 radical (unpaired) electrons. The van der Waals surface area contributed by atoms with Gasteiger partial charge in [-0.2, -0.15) is 11.8 Å². The number of hydrogen-bond acceptors (Lipinski definition) is 4. The predicted molar refractivity (Wildman–Crippen MR) is 98.3 cm³/mol. The molecule has 1 N–H and O–H groups in total. The van der Waals surface area contributed by atoms with Gasteiger partial charge in [-0.15, -0.1) is 24.8 Å². The van der Waals surface area contributed by atoms with E-state index in [1.54, 1.807) is 11.8 Å². The van der Waals surface area contributed by atoms with Gasteiger partial charge in [0.1, 0.15) is 0 Å². The van der Waals surface area contributed by atoms with Gasteiger partial charge in [0.15, 0.2) is 0 Å². The minimum atomic E-state index is 0. The number of nitrogens with zero attached hydrogens (tertiary/aromatic N) is 2. The predicted octanol–water partition coefficient (Wildman–Crippen LogP) is 2.12. The van der Waals surface area contributed by atoms with E-state index in [9.17, 15) is 4.79 Å². The topological polar surface area (TPSA) is 35.6 Å². The van der Waals surface area contributed by atoms with Gasteiger partial charge in [-0.05, 0) is 33.0 Å². The van der Waals surface area contributed by atoms with Crippen LogP contribution in [0.3, 0.4) is 0 Å². The fraction of sp³-hybridized carbons (Fsp3) is 0.929. The lowest BCUT2D eigenvalue weighted by Gasteiger charge is -2.32. The van der Waals surface area contributed by atoms with E-state index in [2.05, 4.69) is 24.1 Å². The molecule has 0 bridgehead atoms. The molecule has 1 aliphatic rings. The maximum absolute atomic E-state index is 12.1. The molecule has 0 aliphatic carbocycles. The van der Waals surface area contributed by atoms with Gasteiger partial charge in [0, 0.05) is 31.4 Å². The minimum absolute atomic E-state index is 0. The van der Waals surface area contributed by atoms with Crippen LogP contribution in [0.4, 0.5) is 0 Å². The summed E-state index contributed by atoms with van der Waals surface area (Å²) in [6, 6.07) is 0.485. The highest BCUT2D eigenvalue weighted by Crippen LogP contribution is 2.12. The molecule has 1 aliphatic heterocycles. The zero-order chi connectivity index (χ0) is 14.1. The lowest BCUT2D eigenvalue weighted by atomic mass is 10.1. The van der Waals surface area contributed by atoms with E-state index in [0.717, 1.165) is 44.9 Å². The quantitative estimate of drug-likeness (QED) is 0.673. The van der Waals surface area contributed by atoms with Crippen LogP contribution in [0.5, 0.6) is 0 Å². The molecule has 0 saturated carbocycles. The first kappa shape index (κ1) is 23.6. The van der Waals surface area contributed by atoms with Gasteiger partial charge in [0.05, 0.1) is 5.75 Å². The Balaban J connectivity index is 0. The first-order chi connectivity index (χ1) is 9.21. The van der Waals surface area contributed by atoms with Crippen molar-refractivity contribution in [1.29, 1.82) is 0 Å². The molecule has 0 aromatic heterocycles. The molecule has 1 amide bonds. The standard InChI is InChI=1S/C14H29N3OS.2ClH/c1-4-16(5-2)9-10-19-12-14(18)17-8-6-7-13(11-17)15-3;;/h13,15H,4-12H2,1-3H3;2*1H. The summed E-state index contributed by atoms with van der Waals surface area (Å²) in [7, 11) is 1.98. The van der Waals surface area contributed by atoms with Crippen LogP contribution in [0.1, 0.15) is 26.7 Å². The molecule has 1 rings (SSSR count). The largest absolute Gasteiger partial charge is 0.340 e. The molecule has 1 heterocycles. The third-order valence-corrected chi connectivity index (χ3v) is 4.78. The van der Waals surface area contributed by atoms with Gasteiger partial charge >= 0.3 is 0 Å². The lowest BCUT2D eigenvalue weighted by molar-refractivity contribution is -0.129. The summed E-state index contributed by atoms with van der Waals surface area (Å²) in [4.78, 5) is 16.5. The average Bonchev–Trinajstić information content (AvgIpc) is 2.47. The van der Waals surface area contributed by atoms with Crippen LogP contribution in [0, 0.1) is 0 Å². The summed E-state index contributed by atoms with van der Waals surface area (Å²) in [6.45, 7) is 9.47. The van der Waals surface area contributed by atoms with Crippen LogP contribution in [-0.4, -0.2) is 73.0 Å². The Morgan fingerprint density at radius 3 is 2.57 bits per heavy atom. The van der Waals surface area contributed by atoms with Crippen LogP contribution >= 0.6 is 36.6 Å². The van der Waals surface area contributed by atoms with E-state index in [-0.39, 0.29) is 24.8 Å². The van der Waals surface area contributed by atoms with Gasteiger partial charge in [-0.25, -0.2) is 0 Å². The minimum Gasteiger partial charge on any atom is -0.340 e. The second-order valence-electron chi connectivity index (χ2n) is 5.05. The molecular formula is C14H31Cl2N3OS. The van der Waals surface area contributed by atoms with Gasteiger partial charge in [0.2, 0.25) is 5.91 Å². The Bertz CT molecular complexity index is 269. The third kappa shape index (κ3) is 9.14. The van der Waals surface area contributed by atoms with Gasteiger partial charge in [0.25, 0.3) is 0 Å². The van der Waals surface area contributed by atoms with Crippen molar-refractivity contribution in [2.45, 2.75) is 32.7 Å². The van der Waals surface area contributed by atoms with E-state index >= 15 is 0 Å². The van der Waals surface area contributed by atoms with Crippen molar-refractivity contribution in [3.05, 3.63) is 0 Å². The number of thioether (sulfide) groups is 1. The van der Waals surface area contributed by atoms with E-state index in [1.807, 2.05) is 11.9 Å². The van der Waals surface area contributed by atoms with Crippen LogP contribution < -0.4 is 5.32 Å². The van der Waals surface area contributed by atoms with E-state index < -0.39 is 0 Å². The lowest BCUT2D eigenvalue weighted by Crippen LogP contribution is -2.47. The summed E-state index contributed by atoms with van der Waals surface area (Å²) >= 11 is 1.77. The number of amides is 1. The van der Waals surface area contributed by atoms with Crippen molar-refractivity contribution >= 4 is 42.5 Å². The van der Waals surface area contributed by atoms with E-state index in [0.29, 0.717) is 17.7 Å². The Morgan fingerprint density at radius 1 is 1.33 bits per heavy atom. The molecule has 128 valence electrons. The fourth-order valence-electron chi connectivity index (χ4n) is 2.42. The smallest absolute Gasteiger partial charge is 0.232 e. The SMILES string of the molecule is CCN(CC)CCSCC(=O)N1CCCC(NC)C1.Cl.Cl. The second kappa shape index (κ2) is 13.9. The number of likely N-dealkylation sites (N-methyl/N-ethyl adjacent to an activating group) is 1. The highest BCUT2D eigenvalue weighted by Gasteiger charge is 2.22. The molecule has 1 unspecified atom stereocenters. The Labute approximate surface area is 146 Å². The van der Waals surface area contributed by atoms with Crippen molar-refractivity contribution in [2.24, 2.45) is 0 Å². The van der Waals surface area contributed by atoms with Crippen molar-refractivity contribution in [2.75, 3.05) is 51.3 Å². The summed E-state index contributed by atoms with van der Waals surface area (Å²) in [6.07, 6.45) is 2.32. The molecule has 1 atom stereocenters.